The summed E-state index contributed by atoms with van der Waals surface area (Å²) in [5, 5.41) is -0.0869. The lowest BCUT2D eigenvalue weighted by Crippen LogP contribution is -2.08. The normalized spacial score (nSPS) is 16.4. The minimum absolute atomic E-state index is 0.0376. The van der Waals surface area contributed by atoms with E-state index in [4.69, 9.17) is 4.52 Å². The Morgan fingerprint density at radius 1 is 1.00 bits per heavy atom. The largest absolute Gasteiger partial charge is 0.535 e. The van der Waals surface area contributed by atoms with Gasteiger partial charge in [-0.2, -0.15) is 4.31 Å². The van der Waals surface area contributed by atoms with E-state index in [1.54, 1.807) is 25.1 Å². The quantitative estimate of drug-likeness (QED) is 0.743. The molecule has 8 heteroatoms. The minimum atomic E-state index is -4.80. The van der Waals surface area contributed by atoms with Gasteiger partial charge in [-0.15, -0.1) is 0 Å². The van der Waals surface area contributed by atoms with E-state index in [9.17, 15) is 18.9 Å². The molecule has 24 heavy (non-hydrogen) atoms. The maximum Gasteiger partial charge on any atom is 0.535 e. The van der Waals surface area contributed by atoms with Crippen LogP contribution in [0.2, 0.25) is 0 Å². The molecule has 2 atom stereocenters. The first-order chi connectivity index (χ1) is 11.1. The highest BCUT2D eigenvalue weighted by atomic mass is 31.3. The van der Waals surface area contributed by atoms with Crippen molar-refractivity contribution in [3.8, 4) is 5.75 Å². The van der Waals surface area contributed by atoms with E-state index < -0.39 is 15.4 Å². The van der Waals surface area contributed by atoms with Crippen LogP contribution in [0.1, 0.15) is 30.9 Å². The van der Waals surface area contributed by atoms with Gasteiger partial charge in [0.2, 0.25) is 0 Å². The molecular formula is C16H20O6P2. The summed E-state index contributed by atoms with van der Waals surface area (Å²) in [6, 6.07) is 12.6. The Hall–Kier alpha value is -1.42. The van der Waals surface area contributed by atoms with Crippen molar-refractivity contribution in [1.29, 1.82) is 0 Å². The zero-order valence-electron chi connectivity index (χ0n) is 13.6. The maximum atomic E-state index is 12.2. The number of phosphoric acid groups is 1. The van der Waals surface area contributed by atoms with Crippen molar-refractivity contribution < 1.29 is 27.8 Å². The van der Waals surface area contributed by atoms with E-state index in [2.05, 4.69) is 4.31 Å². The number of aryl methyl sites for hydroxylation is 1. The summed E-state index contributed by atoms with van der Waals surface area (Å²) in [7, 11) is -9.29. The van der Waals surface area contributed by atoms with Gasteiger partial charge in [-0.3, -0.25) is 9.46 Å². The topological polar surface area (TPSA) is 93.1 Å². The van der Waals surface area contributed by atoms with Crippen LogP contribution in [0, 0.1) is 6.92 Å². The summed E-state index contributed by atoms with van der Waals surface area (Å²) >= 11 is 0. The Morgan fingerprint density at radius 2 is 1.62 bits per heavy atom. The van der Waals surface area contributed by atoms with E-state index in [1.807, 2.05) is 19.9 Å². The number of hydrogen-bond donors (Lipinski definition) is 2. The van der Waals surface area contributed by atoms with E-state index in [0.717, 1.165) is 5.56 Å². The predicted octanol–water partition coefficient (Wildman–Crippen LogP) is 4.13. The smallest absolute Gasteiger partial charge is 0.404 e. The average molecular weight is 370 g/mol. The van der Waals surface area contributed by atoms with Crippen LogP contribution in [0.3, 0.4) is 0 Å². The third-order valence-electron chi connectivity index (χ3n) is 3.30. The second-order valence-corrected chi connectivity index (χ2v) is 9.02. The van der Waals surface area contributed by atoms with Crippen LogP contribution in [0.5, 0.6) is 5.75 Å². The number of phosphoric ester groups is 1. The molecule has 0 aliphatic carbocycles. The number of rotatable bonds is 6. The van der Waals surface area contributed by atoms with Gasteiger partial charge < -0.3 is 9.42 Å². The first kappa shape index (κ1) is 18.9. The van der Waals surface area contributed by atoms with Gasteiger partial charge in [-0.1, -0.05) is 44.2 Å². The van der Waals surface area contributed by atoms with E-state index >= 15 is 0 Å². The van der Waals surface area contributed by atoms with Crippen LogP contribution < -0.4 is 9.83 Å². The highest BCUT2D eigenvalue weighted by Crippen LogP contribution is 2.59. The molecule has 2 aromatic carbocycles. The molecule has 0 aliphatic rings. The lowest BCUT2D eigenvalue weighted by atomic mass is 10.0. The van der Waals surface area contributed by atoms with Gasteiger partial charge in [0.05, 0.1) is 5.30 Å². The average Bonchev–Trinajstić information content (AvgIpc) is 2.46. The molecular weight excluding hydrogens is 350 g/mol. The molecule has 0 bridgehead atoms. The molecule has 0 aromatic heterocycles. The predicted molar refractivity (Wildman–Crippen MR) is 92.7 cm³/mol. The Labute approximate surface area is 141 Å². The highest BCUT2D eigenvalue weighted by Gasteiger charge is 2.37. The Kier molecular flexibility index (Phi) is 5.69. The van der Waals surface area contributed by atoms with Crippen molar-refractivity contribution in [3.63, 3.8) is 0 Å². The second-order valence-electron chi connectivity index (χ2n) is 5.69. The molecule has 130 valence electrons. The van der Waals surface area contributed by atoms with Gasteiger partial charge in [-0.25, -0.2) is 4.57 Å². The molecule has 0 fully saturated rings. The van der Waals surface area contributed by atoms with Crippen molar-refractivity contribution in [2.24, 2.45) is 0 Å². The first-order valence-corrected chi connectivity index (χ1v) is 10.4. The number of benzene rings is 2. The third kappa shape index (κ3) is 4.79. The highest BCUT2D eigenvalue weighted by molar-refractivity contribution is 7.69. The molecule has 0 saturated carbocycles. The van der Waals surface area contributed by atoms with Gasteiger partial charge in [0.15, 0.2) is 0 Å². The molecule has 2 N–H and O–H groups in total. The van der Waals surface area contributed by atoms with E-state index in [0.29, 0.717) is 5.56 Å². The fourth-order valence-corrected chi connectivity index (χ4v) is 4.73. The summed E-state index contributed by atoms with van der Waals surface area (Å²) in [5.74, 6) is 0.194. The summed E-state index contributed by atoms with van der Waals surface area (Å²) in [6.07, 6.45) is 0. The standard InChI is InChI=1S/C16H20O6P2/c1-12(2)15-10-9-13(3)11-16(15)21-24(19,20)22-23(17,18)14-7-5-4-6-8-14/h4-12H,1-3H3,(H,17,18)(H,19,20). The summed E-state index contributed by atoms with van der Waals surface area (Å²) in [4.78, 5) is 19.9. The third-order valence-corrected chi connectivity index (χ3v) is 6.39. The van der Waals surface area contributed by atoms with Crippen LogP contribution in [-0.2, 0) is 13.4 Å². The Balaban J connectivity index is 2.28. The van der Waals surface area contributed by atoms with E-state index in [1.165, 1.54) is 24.3 Å². The molecule has 0 spiro atoms. The molecule has 6 nitrogen and oxygen atoms in total. The lowest BCUT2D eigenvalue weighted by Gasteiger charge is -2.20. The van der Waals surface area contributed by atoms with Crippen molar-refractivity contribution in [2.45, 2.75) is 26.7 Å². The van der Waals surface area contributed by atoms with Crippen LogP contribution in [-0.4, -0.2) is 9.79 Å². The van der Waals surface area contributed by atoms with Gasteiger partial charge in [0.1, 0.15) is 5.75 Å². The van der Waals surface area contributed by atoms with E-state index in [-0.39, 0.29) is 17.0 Å². The summed E-state index contributed by atoms with van der Waals surface area (Å²) < 4.78 is 34.1. The summed E-state index contributed by atoms with van der Waals surface area (Å²) in [5.41, 5.74) is 1.52. The molecule has 0 heterocycles. The van der Waals surface area contributed by atoms with Crippen LogP contribution >= 0.6 is 15.4 Å². The zero-order chi connectivity index (χ0) is 18.0. The first-order valence-electron chi connectivity index (χ1n) is 7.33. The molecule has 2 rings (SSSR count). The van der Waals surface area contributed by atoms with Crippen molar-refractivity contribution in [2.75, 3.05) is 0 Å². The second kappa shape index (κ2) is 7.22. The molecule has 0 radical (unpaired) electrons. The van der Waals surface area contributed by atoms with Gasteiger partial charge >= 0.3 is 15.4 Å². The van der Waals surface area contributed by atoms with Gasteiger partial charge in [0, 0.05) is 0 Å². The monoisotopic (exact) mass is 370 g/mol. The van der Waals surface area contributed by atoms with Gasteiger partial charge in [-0.05, 0) is 42.2 Å². The minimum Gasteiger partial charge on any atom is -0.404 e. The number of hydrogen-bond acceptors (Lipinski definition) is 4. The summed E-state index contributed by atoms with van der Waals surface area (Å²) in [6.45, 7) is 5.62. The SMILES string of the molecule is Cc1ccc(C(C)C)c(OP(=O)(O)OP(=O)(O)c2ccccc2)c1. The van der Waals surface area contributed by atoms with Crippen molar-refractivity contribution in [1.82, 2.24) is 0 Å². The Bertz CT molecular complexity index is 803. The van der Waals surface area contributed by atoms with Crippen LogP contribution in [0.15, 0.2) is 48.5 Å². The van der Waals surface area contributed by atoms with Crippen LogP contribution in [0.4, 0.5) is 0 Å². The molecule has 0 amide bonds. The maximum absolute atomic E-state index is 12.2. The van der Waals surface area contributed by atoms with Gasteiger partial charge in [0.25, 0.3) is 0 Å². The van der Waals surface area contributed by atoms with Crippen molar-refractivity contribution >= 4 is 20.7 Å². The molecule has 0 saturated heterocycles. The zero-order valence-corrected chi connectivity index (χ0v) is 15.4. The molecule has 0 aliphatic heterocycles. The van der Waals surface area contributed by atoms with Crippen molar-refractivity contribution in [3.05, 3.63) is 59.7 Å². The van der Waals surface area contributed by atoms with Crippen LogP contribution in [0.25, 0.3) is 0 Å². The fourth-order valence-electron chi connectivity index (χ4n) is 2.14. The molecule has 2 unspecified atom stereocenters. The Morgan fingerprint density at radius 3 is 2.21 bits per heavy atom. The fraction of sp³-hybridized carbons (Fsp3) is 0.250. The molecule has 2 aromatic rings. The lowest BCUT2D eigenvalue weighted by molar-refractivity contribution is 0.273.